The average molecular weight is 476 g/mol. The number of sulfonamides is 1. The largest absolute Gasteiger partial charge is 0.355 e. The van der Waals surface area contributed by atoms with Crippen LogP contribution in [-0.4, -0.2) is 43.8 Å². The van der Waals surface area contributed by atoms with Gasteiger partial charge < -0.3 is 10.2 Å². The lowest BCUT2D eigenvalue weighted by Gasteiger charge is -2.28. The van der Waals surface area contributed by atoms with Crippen LogP contribution in [0.2, 0.25) is 0 Å². The van der Waals surface area contributed by atoms with Crippen LogP contribution in [-0.2, 0) is 32.6 Å². The quantitative estimate of drug-likeness (QED) is 0.522. The van der Waals surface area contributed by atoms with E-state index >= 15 is 0 Å². The van der Waals surface area contributed by atoms with Crippen LogP contribution in [0, 0.1) is 5.82 Å². The van der Waals surface area contributed by atoms with Crippen LogP contribution >= 0.6 is 0 Å². The number of carbonyl (C=O) groups is 2. The molecule has 9 heteroatoms. The number of carbonyl (C=O) groups excluding carboxylic acids is 2. The first kappa shape index (κ1) is 24.9. The maximum atomic E-state index is 13.3. The molecule has 0 saturated heterocycles. The second-order valence-electron chi connectivity index (χ2n) is 8.26. The Kier molecular flexibility index (Phi) is 8.20. The molecular weight excluding hydrogens is 445 g/mol. The number of hydrogen-bond donors (Lipinski definition) is 2. The second kappa shape index (κ2) is 10.9. The van der Waals surface area contributed by atoms with Crippen molar-refractivity contribution in [2.75, 3.05) is 6.54 Å². The van der Waals surface area contributed by atoms with Crippen molar-refractivity contribution in [1.82, 2.24) is 14.9 Å². The SMILES string of the molecule is CCNC(=O)[C@H](C)N(Cc1ccc(F)cc1)C(=O)CCc1ccc(S(=O)(=O)NC2CC2)cc1. The highest BCUT2D eigenvalue weighted by Crippen LogP contribution is 2.22. The molecule has 2 aromatic rings. The van der Waals surface area contributed by atoms with Gasteiger partial charge >= 0.3 is 0 Å². The third-order valence-electron chi connectivity index (χ3n) is 5.54. The summed E-state index contributed by atoms with van der Waals surface area (Å²) in [5.41, 5.74) is 1.54. The zero-order valence-electron chi connectivity index (χ0n) is 18.9. The Morgan fingerprint density at radius 1 is 1.06 bits per heavy atom. The lowest BCUT2D eigenvalue weighted by Crippen LogP contribution is -2.47. The minimum Gasteiger partial charge on any atom is -0.355 e. The van der Waals surface area contributed by atoms with Gasteiger partial charge in [0.05, 0.1) is 4.90 Å². The van der Waals surface area contributed by atoms with Crippen molar-refractivity contribution in [3.05, 3.63) is 65.5 Å². The van der Waals surface area contributed by atoms with Crippen LogP contribution < -0.4 is 10.0 Å². The molecule has 2 aromatic carbocycles. The first-order valence-corrected chi connectivity index (χ1v) is 12.6. The van der Waals surface area contributed by atoms with E-state index in [1.165, 1.54) is 29.2 Å². The Labute approximate surface area is 194 Å². The molecule has 0 unspecified atom stereocenters. The molecule has 7 nitrogen and oxygen atoms in total. The van der Waals surface area contributed by atoms with Crippen molar-refractivity contribution < 1.29 is 22.4 Å². The van der Waals surface area contributed by atoms with Gasteiger partial charge in [-0.3, -0.25) is 9.59 Å². The lowest BCUT2D eigenvalue weighted by molar-refractivity contribution is -0.140. The van der Waals surface area contributed by atoms with Gasteiger partial charge in [0.1, 0.15) is 11.9 Å². The van der Waals surface area contributed by atoms with E-state index in [0.717, 1.165) is 24.0 Å². The molecule has 1 saturated carbocycles. The predicted molar refractivity (Wildman–Crippen MR) is 123 cm³/mol. The Morgan fingerprint density at radius 2 is 1.67 bits per heavy atom. The van der Waals surface area contributed by atoms with Gasteiger partial charge in [0.2, 0.25) is 21.8 Å². The monoisotopic (exact) mass is 475 g/mol. The first-order chi connectivity index (χ1) is 15.7. The summed E-state index contributed by atoms with van der Waals surface area (Å²) in [5, 5.41) is 2.73. The zero-order chi connectivity index (χ0) is 24.0. The Bertz CT molecular complexity index is 1070. The van der Waals surface area contributed by atoms with Crippen molar-refractivity contribution >= 4 is 21.8 Å². The number of halogens is 1. The van der Waals surface area contributed by atoms with Gasteiger partial charge in [-0.2, -0.15) is 0 Å². The number of amides is 2. The molecule has 0 bridgehead atoms. The van der Waals surface area contributed by atoms with E-state index in [0.29, 0.717) is 13.0 Å². The fraction of sp³-hybridized carbons (Fsp3) is 0.417. The maximum absolute atomic E-state index is 13.3. The Balaban J connectivity index is 1.66. The number of hydrogen-bond acceptors (Lipinski definition) is 4. The van der Waals surface area contributed by atoms with Crippen LogP contribution in [0.3, 0.4) is 0 Å². The van der Waals surface area contributed by atoms with Gasteiger partial charge in [0.15, 0.2) is 0 Å². The van der Waals surface area contributed by atoms with E-state index in [2.05, 4.69) is 10.0 Å². The molecule has 3 rings (SSSR count). The molecule has 0 heterocycles. The fourth-order valence-electron chi connectivity index (χ4n) is 3.41. The van der Waals surface area contributed by atoms with Crippen LogP contribution in [0.1, 0.15) is 44.2 Å². The summed E-state index contributed by atoms with van der Waals surface area (Å²) < 4.78 is 40.5. The molecular formula is C24H30FN3O4S. The molecule has 0 spiro atoms. The number of likely N-dealkylation sites (N-methyl/N-ethyl adjacent to an activating group) is 1. The van der Waals surface area contributed by atoms with E-state index in [-0.39, 0.29) is 41.5 Å². The highest BCUT2D eigenvalue weighted by atomic mass is 32.2. The van der Waals surface area contributed by atoms with Crippen molar-refractivity contribution in [2.45, 2.75) is 63.1 Å². The van der Waals surface area contributed by atoms with Crippen LogP contribution in [0.15, 0.2) is 53.4 Å². The summed E-state index contributed by atoms with van der Waals surface area (Å²) in [6, 6.07) is 11.7. The fourth-order valence-corrected chi connectivity index (χ4v) is 4.71. The van der Waals surface area contributed by atoms with Crippen molar-refractivity contribution in [1.29, 1.82) is 0 Å². The molecule has 1 aliphatic rings. The smallest absolute Gasteiger partial charge is 0.242 e. The van der Waals surface area contributed by atoms with Crippen LogP contribution in [0.4, 0.5) is 4.39 Å². The van der Waals surface area contributed by atoms with E-state index in [9.17, 15) is 22.4 Å². The van der Waals surface area contributed by atoms with Gasteiger partial charge in [-0.1, -0.05) is 24.3 Å². The Hall–Kier alpha value is -2.78. The summed E-state index contributed by atoms with van der Waals surface area (Å²) in [7, 11) is -3.52. The number of rotatable bonds is 11. The third kappa shape index (κ3) is 7.10. The summed E-state index contributed by atoms with van der Waals surface area (Å²) >= 11 is 0. The minimum atomic E-state index is -3.52. The van der Waals surface area contributed by atoms with Crippen molar-refractivity contribution in [3.63, 3.8) is 0 Å². The number of aryl methyl sites for hydroxylation is 1. The molecule has 178 valence electrons. The summed E-state index contributed by atoms with van der Waals surface area (Å²) in [6.07, 6.45) is 2.28. The molecule has 0 aromatic heterocycles. The molecule has 0 radical (unpaired) electrons. The first-order valence-electron chi connectivity index (χ1n) is 11.1. The molecule has 2 amide bonds. The Morgan fingerprint density at radius 3 is 2.24 bits per heavy atom. The molecule has 1 aliphatic carbocycles. The summed E-state index contributed by atoms with van der Waals surface area (Å²) in [6.45, 7) is 4.10. The molecule has 2 N–H and O–H groups in total. The highest BCUT2D eigenvalue weighted by Gasteiger charge is 2.28. The lowest BCUT2D eigenvalue weighted by atomic mass is 10.1. The standard InChI is InChI=1S/C24H30FN3O4S/c1-3-26-24(30)17(2)28(16-19-4-9-20(25)10-5-19)23(29)15-8-18-6-13-22(14-7-18)33(31,32)27-21-11-12-21/h4-7,9-10,13-14,17,21,27H,3,8,11-12,15-16H2,1-2H3,(H,26,30)/t17-/m0/s1. The van der Waals surface area contributed by atoms with Gasteiger partial charge in [-0.15, -0.1) is 0 Å². The van der Waals surface area contributed by atoms with E-state index in [4.69, 9.17) is 0 Å². The maximum Gasteiger partial charge on any atom is 0.242 e. The van der Waals surface area contributed by atoms with Gasteiger partial charge in [0, 0.05) is 25.6 Å². The van der Waals surface area contributed by atoms with Gasteiger partial charge in [-0.05, 0) is 68.5 Å². The van der Waals surface area contributed by atoms with Crippen molar-refractivity contribution in [3.8, 4) is 0 Å². The van der Waals surface area contributed by atoms with E-state index in [1.807, 2.05) is 0 Å². The summed E-state index contributed by atoms with van der Waals surface area (Å²) in [5.74, 6) is -0.845. The topological polar surface area (TPSA) is 95.6 Å². The van der Waals surface area contributed by atoms with Gasteiger partial charge in [0.25, 0.3) is 0 Å². The van der Waals surface area contributed by atoms with Crippen LogP contribution in [0.5, 0.6) is 0 Å². The minimum absolute atomic E-state index is 0.0336. The number of nitrogens with zero attached hydrogens (tertiary/aromatic N) is 1. The van der Waals surface area contributed by atoms with Crippen LogP contribution in [0.25, 0.3) is 0 Å². The summed E-state index contributed by atoms with van der Waals surface area (Å²) in [4.78, 5) is 27.1. The average Bonchev–Trinajstić information content (AvgIpc) is 3.60. The van der Waals surface area contributed by atoms with Gasteiger partial charge in [-0.25, -0.2) is 17.5 Å². The molecule has 1 fully saturated rings. The third-order valence-corrected chi connectivity index (χ3v) is 7.08. The van der Waals surface area contributed by atoms with E-state index < -0.39 is 16.1 Å². The number of nitrogens with one attached hydrogen (secondary N) is 2. The molecule has 0 aliphatic heterocycles. The predicted octanol–water partition coefficient (Wildman–Crippen LogP) is 2.75. The normalized spacial score (nSPS) is 14.5. The highest BCUT2D eigenvalue weighted by molar-refractivity contribution is 7.89. The molecule has 33 heavy (non-hydrogen) atoms. The number of benzene rings is 2. The molecule has 1 atom stereocenters. The zero-order valence-corrected chi connectivity index (χ0v) is 19.7. The second-order valence-corrected chi connectivity index (χ2v) is 9.97. The van der Waals surface area contributed by atoms with Crippen molar-refractivity contribution in [2.24, 2.45) is 0 Å². The van der Waals surface area contributed by atoms with E-state index in [1.54, 1.807) is 38.1 Å².